The van der Waals surface area contributed by atoms with E-state index in [2.05, 4.69) is 9.97 Å². The van der Waals surface area contributed by atoms with Gasteiger partial charge in [0.25, 0.3) is 5.56 Å². The first kappa shape index (κ1) is 14.3. The van der Waals surface area contributed by atoms with Crippen LogP contribution in [-0.2, 0) is 13.6 Å². The van der Waals surface area contributed by atoms with Gasteiger partial charge in [0, 0.05) is 13.0 Å². The average Bonchev–Trinajstić information content (AvgIpc) is 2.83. The van der Waals surface area contributed by atoms with E-state index < -0.39 is 11.2 Å². The van der Waals surface area contributed by atoms with Crippen LogP contribution in [0.5, 0.6) is 0 Å². The molecule has 6 nitrogen and oxygen atoms in total. The molecule has 0 aliphatic carbocycles. The molecule has 0 amide bonds. The van der Waals surface area contributed by atoms with Crippen molar-refractivity contribution in [2.45, 2.75) is 26.3 Å². The van der Waals surface area contributed by atoms with Gasteiger partial charge in [-0.1, -0.05) is 44.2 Å². The largest absolute Gasteiger partial charge is 0.330 e. The third-order valence-electron chi connectivity index (χ3n) is 3.75. The van der Waals surface area contributed by atoms with Crippen molar-refractivity contribution in [3.05, 3.63) is 62.6 Å². The van der Waals surface area contributed by atoms with E-state index in [1.807, 2.05) is 44.2 Å². The summed E-state index contributed by atoms with van der Waals surface area (Å²) in [5.41, 5.74) is 1.01. The third-order valence-corrected chi connectivity index (χ3v) is 3.75. The average molecular weight is 298 g/mol. The molecule has 0 unspecified atom stereocenters. The second-order valence-corrected chi connectivity index (χ2v) is 5.69. The number of fused-ring (bicyclic) bond motifs is 1. The van der Waals surface area contributed by atoms with Crippen molar-refractivity contribution >= 4 is 11.2 Å². The summed E-state index contributed by atoms with van der Waals surface area (Å²) in [6, 6.07) is 9.64. The molecule has 6 heteroatoms. The quantitative estimate of drug-likeness (QED) is 0.798. The standard InChI is InChI=1S/C16H18N4O2/c1-10(2)13-17-14-12(19(13)3)15(21)18-16(22)20(14)9-11-7-5-4-6-8-11/h4-8,10H,9H2,1-3H3,(H,18,21,22). The number of nitrogens with zero attached hydrogens (tertiary/aromatic N) is 3. The Morgan fingerprint density at radius 3 is 2.50 bits per heavy atom. The first-order chi connectivity index (χ1) is 10.5. The molecule has 0 radical (unpaired) electrons. The second-order valence-electron chi connectivity index (χ2n) is 5.69. The van der Waals surface area contributed by atoms with E-state index in [0.29, 0.717) is 17.7 Å². The van der Waals surface area contributed by atoms with Gasteiger partial charge in [-0.15, -0.1) is 0 Å². The Morgan fingerprint density at radius 2 is 1.86 bits per heavy atom. The molecule has 0 saturated heterocycles. The smallest absolute Gasteiger partial charge is 0.325 e. The number of nitrogens with one attached hydrogen (secondary N) is 1. The SMILES string of the molecule is CC(C)c1nc2c(c(=O)[nH]c(=O)n2Cc2ccccc2)n1C. The zero-order valence-corrected chi connectivity index (χ0v) is 12.8. The summed E-state index contributed by atoms with van der Waals surface area (Å²) in [4.78, 5) is 31.3. The predicted octanol–water partition coefficient (Wildman–Crippen LogP) is 1.59. The number of H-pyrrole nitrogens is 1. The number of benzene rings is 1. The molecule has 0 atom stereocenters. The van der Waals surface area contributed by atoms with E-state index in [1.165, 1.54) is 4.57 Å². The van der Waals surface area contributed by atoms with Gasteiger partial charge in [0.2, 0.25) is 0 Å². The molecule has 0 fully saturated rings. The number of aryl methyl sites for hydroxylation is 1. The van der Waals surface area contributed by atoms with E-state index in [9.17, 15) is 9.59 Å². The van der Waals surface area contributed by atoms with Gasteiger partial charge in [-0.05, 0) is 5.56 Å². The fourth-order valence-corrected chi connectivity index (χ4v) is 2.69. The molecular formula is C16H18N4O2. The number of hydrogen-bond donors (Lipinski definition) is 1. The number of hydrogen-bond acceptors (Lipinski definition) is 3. The fraction of sp³-hybridized carbons (Fsp3) is 0.312. The lowest BCUT2D eigenvalue weighted by Crippen LogP contribution is -2.31. The van der Waals surface area contributed by atoms with Crippen LogP contribution in [0, 0.1) is 0 Å². The van der Waals surface area contributed by atoms with Gasteiger partial charge in [0.15, 0.2) is 11.2 Å². The fourth-order valence-electron chi connectivity index (χ4n) is 2.69. The van der Waals surface area contributed by atoms with Crippen LogP contribution >= 0.6 is 0 Å². The van der Waals surface area contributed by atoms with E-state index in [4.69, 9.17) is 0 Å². The Kier molecular flexibility index (Phi) is 3.44. The Hall–Kier alpha value is -2.63. The molecule has 0 aliphatic rings. The molecule has 1 N–H and O–H groups in total. The van der Waals surface area contributed by atoms with Crippen LogP contribution in [0.15, 0.2) is 39.9 Å². The van der Waals surface area contributed by atoms with E-state index >= 15 is 0 Å². The second kappa shape index (κ2) is 5.29. The van der Waals surface area contributed by atoms with Crippen molar-refractivity contribution in [2.24, 2.45) is 7.05 Å². The third kappa shape index (κ3) is 2.26. The molecule has 0 saturated carbocycles. The van der Waals surface area contributed by atoms with Gasteiger partial charge < -0.3 is 4.57 Å². The molecule has 0 bridgehead atoms. The normalized spacial score (nSPS) is 11.5. The predicted molar refractivity (Wildman–Crippen MR) is 85.2 cm³/mol. The molecule has 114 valence electrons. The van der Waals surface area contributed by atoms with E-state index in [1.54, 1.807) is 11.6 Å². The van der Waals surface area contributed by atoms with Crippen LogP contribution in [0.3, 0.4) is 0 Å². The molecule has 1 aromatic carbocycles. The molecule has 0 spiro atoms. The van der Waals surface area contributed by atoms with Crippen LogP contribution in [0.25, 0.3) is 11.2 Å². The van der Waals surface area contributed by atoms with Crippen LogP contribution in [0.1, 0.15) is 31.2 Å². The number of aromatic nitrogens is 4. The molecular weight excluding hydrogens is 280 g/mol. The van der Waals surface area contributed by atoms with Crippen molar-refractivity contribution < 1.29 is 0 Å². The molecule has 3 rings (SSSR count). The van der Waals surface area contributed by atoms with Gasteiger partial charge in [-0.2, -0.15) is 0 Å². The first-order valence-electron chi connectivity index (χ1n) is 7.22. The Morgan fingerprint density at radius 1 is 1.18 bits per heavy atom. The zero-order valence-electron chi connectivity index (χ0n) is 12.8. The van der Waals surface area contributed by atoms with Crippen molar-refractivity contribution in [1.29, 1.82) is 0 Å². The summed E-state index contributed by atoms with van der Waals surface area (Å²) in [7, 11) is 1.80. The maximum Gasteiger partial charge on any atom is 0.330 e. The van der Waals surface area contributed by atoms with Crippen LogP contribution in [0.4, 0.5) is 0 Å². The van der Waals surface area contributed by atoms with Gasteiger partial charge >= 0.3 is 5.69 Å². The maximum atomic E-state index is 12.2. The van der Waals surface area contributed by atoms with Crippen molar-refractivity contribution in [1.82, 2.24) is 19.1 Å². The van der Waals surface area contributed by atoms with Crippen LogP contribution in [-0.4, -0.2) is 19.1 Å². The molecule has 22 heavy (non-hydrogen) atoms. The molecule has 0 aliphatic heterocycles. The highest BCUT2D eigenvalue weighted by Gasteiger charge is 2.18. The van der Waals surface area contributed by atoms with Crippen molar-refractivity contribution in [3.8, 4) is 0 Å². The Balaban J connectivity index is 2.28. The molecule has 2 heterocycles. The lowest BCUT2D eigenvalue weighted by molar-refractivity contribution is 0.719. The summed E-state index contributed by atoms with van der Waals surface area (Å²) >= 11 is 0. The Labute approximate surface area is 127 Å². The lowest BCUT2D eigenvalue weighted by Gasteiger charge is -2.06. The highest BCUT2D eigenvalue weighted by atomic mass is 16.2. The minimum absolute atomic E-state index is 0.164. The number of rotatable bonds is 3. The summed E-state index contributed by atoms with van der Waals surface area (Å²) in [6.07, 6.45) is 0. The van der Waals surface area contributed by atoms with Crippen LogP contribution in [0.2, 0.25) is 0 Å². The van der Waals surface area contributed by atoms with Crippen molar-refractivity contribution in [2.75, 3.05) is 0 Å². The van der Waals surface area contributed by atoms with Crippen molar-refractivity contribution in [3.63, 3.8) is 0 Å². The number of aromatic amines is 1. The minimum atomic E-state index is -0.435. The van der Waals surface area contributed by atoms with Crippen LogP contribution < -0.4 is 11.2 Å². The molecule has 2 aromatic heterocycles. The maximum absolute atomic E-state index is 12.2. The monoisotopic (exact) mass is 298 g/mol. The van der Waals surface area contributed by atoms with Gasteiger partial charge in [0.05, 0.1) is 6.54 Å². The van der Waals surface area contributed by atoms with E-state index in [0.717, 1.165) is 11.4 Å². The van der Waals surface area contributed by atoms with Gasteiger partial charge in [-0.3, -0.25) is 14.3 Å². The van der Waals surface area contributed by atoms with E-state index in [-0.39, 0.29) is 5.92 Å². The minimum Gasteiger partial charge on any atom is -0.325 e. The zero-order chi connectivity index (χ0) is 15.9. The van der Waals surface area contributed by atoms with Gasteiger partial charge in [-0.25, -0.2) is 9.78 Å². The highest BCUT2D eigenvalue weighted by Crippen LogP contribution is 2.17. The molecule has 3 aromatic rings. The van der Waals surface area contributed by atoms with Gasteiger partial charge in [0.1, 0.15) is 5.82 Å². The first-order valence-corrected chi connectivity index (χ1v) is 7.22. The Bertz CT molecular complexity index is 932. The summed E-state index contributed by atoms with van der Waals surface area (Å²) < 4.78 is 3.28. The summed E-state index contributed by atoms with van der Waals surface area (Å²) in [6.45, 7) is 4.39. The summed E-state index contributed by atoms with van der Waals surface area (Å²) in [5, 5.41) is 0. The highest BCUT2D eigenvalue weighted by molar-refractivity contribution is 5.71. The summed E-state index contributed by atoms with van der Waals surface area (Å²) in [5.74, 6) is 0.949. The lowest BCUT2D eigenvalue weighted by atomic mass is 10.2. The topological polar surface area (TPSA) is 72.7 Å². The number of imidazole rings is 1.